The van der Waals surface area contributed by atoms with Crippen LogP contribution in [0.15, 0.2) is 41.2 Å². The topological polar surface area (TPSA) is 54.3 Å². The van der Waals surface area contributed by atoms with E-state index in [4.69, 9.17) is 23.2 Å². The minimum absolute atomic E-state index is 0.0160. The van der Waals surface area contributed by atoms with E-state index in [0.29, 0.717) is 39.8 Å². The number of halogens is 2. The lowest BCUT2D eigenvalue weighted by molar-refractivity contribution is 0.103. The van der Waals surface area contributed by atoms with Crippen LogP contribution in [0.1, 0.15) is 28.8 Å². The first kappa shape index (κ1) is 20.2. The highest BCUT2D eigenvalue weighted by molar-refractivity contribution is 7.16. The van der Waals surface area contributed by atoms with Crippen LogP contribution in [0.4, 0.5) is 0 Å². The van der Waals surface area contributed by atoms with Crippen LogP contribution in [0.5, 0.6) is 0 Å². The van der Waals surface area contributed by atoms with Gasteiger partial charge in [0.25, 0.3) is 0 Å². The number of hydrogen-bond donors (Lipinski definition) is 1. The van der Waals surface area contributed by atoms with Crippen molar-refractivity contribution in [1.82, 2.24) is 14.8 Å². The van der Waals surface area contributed by atoms with Crippen LogP contribution in [-0.2, 0) is 6.54 Å². The zero-order chi connectivity index (χ0) is 20.8. The van der Waals surface area contributed by atoms with Gasteiger partial charge in [-0.15, -0.1) is 0 Å². The van der Waals surface area contributed by atoms with Crippen molar-refractivity contribution in [3.8, 4) is 0 Å². The van der Waals surface area contributed by atoms with Crippen molar-refractivity contribution in [1.29, 1.82) is 0 Å². The van der Waals surface area contributed by atoms with Gasteiger partial charge >= 0.3 is 4.87 Å². The van der Waals surface area contributed by atoms with Gasteiger partial charge in [0.15, 0.2) is 5.78 Å². The van der Waals surface area contributed by atoms with Crippen molar-refractivity contribution in [3.05, 3.63) is 67.2 Å². The van der Waals surface area contributed by atoms with Crippen LogP contribution in [0.3, 0.4) is 0 Å². The fourth-order valence-corrected chi connectivity index (χ4v) is 5.79. The molecule has 0 aliphatic carbocycles. The molecule has 0 amide bonds. The Morgan fingerprint density at radius 1 is 1.00 bits per heavy atom. The second-order valence-corrected chi connectivity index (χ2v) is 9.87. The van der Waals surface area contributed by atoms with E-state index in [1.807, 2.05) is 10.6 Å². The number of nitrogens with one attached hydrogen (secondary N) is 1. The molecule has 0 saturated carbocycles. The second-order valence-electron chi connectivity index (χ2n) is 8.06. The number of fused-ring (bicyclic) bond motifs is 3. The first-order valence-corrected chi connectivity index (χ1v) is 11.7. The second kappa shape index (κ2) is 8.09. The predicted octanol–water partition coefficient (Wildman–Crippen LogP) is 4.04. The van der Waals surface area contributed by atoms with E-state index < -0.39 is 0 Å². The fourth-order valence-electron chi connectivity index (χ4n) is 4.54. The quantitative estimate of drug-likeness (QED) is 0.582. The summed E-state index contributed by atoms with van der Waals surface area (Å²) >= 11 is 13.2. The van der Waals surface area contributed by atoms with Gasteiger partial charge in [-0.05, 0) is 49.2 Å². The molecule has 2 aliphatic rings. The highest BCUT2D eigenvalue weighted by atomic mass is 35.5. The molecular weight excluding hydrogens is 441 g/mol. The van der Waals surface area contributed by atoms with Gasteiger partial charge in [0, 0.05) is 49.4 Å². The third kappa shape index (κ3) is 3.83. The van der Waals surface area contributed by atoms with Gasteiger partial charge < -0.3 is 5.32 Å². The van der Waals surface area contributed by atoms with Crippen LogP contribution in [0, 0.1) is 0 Å². The molecule has 2 bridgehead atoms. The summed E-state index contributed by atoms with van der Waals surface area (Å²) in [4.78, 5) is 27.9. The van der Waals surface area contributed by atoms with Crippen LogP contribution in [0.25, 0.3) is 10.2 Å². The van der Waals surface area contributed by atoms with Crippen molar-refractivity contribution < 1.29 is 4.79 Å². The van der Waals surface area contributed by atoms with E-state index in [9.17, 15) is 9.59 Å². The normalized spacial score (nSPS) is 21.4. The number of aromatic nitrogens is 1. The van der Waals surface area contributed by atoms with Crippen molar-refractivity contribution in [2.24, 2.45) is 0 Å². The molecular formula is C22H21Cl2N3O2S. The highest BCUT2D eigenvalue weighted by Crippen LogP contribution is 2.26. The fraction of sp³-hybridized carbons (Fsp3) is 0.364. The Labute approximate surface area is 188 Å². The largest absolute Gasteiger partial charge is 0.309 e. The number of carbonyl (C=O) groups excluding carboxylic acids is 1. The molecule has 2 saturated heterocycles. The molecule has 156 valence electrons. The first-order valence-electron chi connectivity index (χ1n) is 10.1. The molecule has 1 aromatic heterocycles. The van der Waals surface area contributed by atoms with Gasteiger partial charge in [0.2, 0.25) is 0 Å². The Morgan fingerprint density at radius 2 is 1.70 bits per heavy atom. The Balaban J connectivity index is 1.36. The molecule has 0 radical (unpaired) electrons. The number of ketones is 1. The molecule has 2 aromatic carbocycles. The number of hydrogen-bond acceptors (Lipinski definition) is 5. The average Bonchev–Trinajstić information content (AvgIpc) is 3.24. The van der Waals surface area contributed by atoms with Gasteiger partial charge in [-0.1, -0.05) is 34.5 Å². The first-order chi connectivity index (χ1) is 14.5. The third-order valence-electron chi connectivity index (χ3n) is 6.04. The van der Waals surface area contributed by atoms with E-state index in [2.05, 4.69) is 10.2 Å². The molecule has 5 nitrogen and oxygen atoms in total. The summed E-state index contributed by atoms with van der Waals surface area (Å²) in [5.41, 5.74) is 1.89. The van der Waals surface area contributed by atoms with E-state index in [1.54, 1.807) is 30.3 Å². The minimum atomic E-state index is -0.140. The van der Waals surface area contributed by atoms with E-state index in [-0.39, 0.29) is 10.7 Å². The summed E-state index contributed by atoms with van der Waals surface area (Å²) < 4.78 is 2.66. The average molecular weight is 462 g/mol. The number of likely N-dealkylation sites (tertiary alicyclic amines) is 1. The van der Waals surface area contributed by atoms with Crippen LogP contribution < -0.4 is 10.2 Å². The van der Waals surface area contributed by atoms with E-state index in [0.717, 1.165) is 29.9 Å². The number of thiazole rings is 1. The summed E-state index contributed by atoms with van der Waals surface area (Å²) in [6.45, 7) is 3.63. The van der Waals surface area contributed by atoms with Gasteiger partial charge in [0.1, 0.15) is 0 Å². The number of rotatable bonds is 5. The third-order valence-corrected chi connectivity index (χ3v) is 7.73. The predicted molar refractivity (Wildman–Crippen MR) is 122 cm³/mol. The van der Waals surface area contributed by atoms with Crippen molar-refractivity contribution >= 4 is 50.5 Å². The molecule has 3 heterocycles. The summed E-state index contributed by atoms with van der Waals surface area (Å²) in [7, 11) is 0. The minimum Gasteiger partial charge on any atom is -0.309 e. The van der Waals surface area contributed by atoms with Crippen LogP contribution in [-0.4, -0.2) is 47.0 Å². The maximum atomic E-state index is 12.9. The van der Waals surface area contributed by atoms with Gasteiger partial charge in [0.05, 0.1) is 20.3 Å². The number of piperazine rings is 1. The lowest BCUT2D eigenvalue weighted by Crippen LogP contribution is -2.51. The molecule has 5 rings (SSSR count). The Kier molecular flexibility index (Phi) is 5.45. The van der Waals surface area contributed by atoms with E-state index in [1.165, 1.54) is 24.2 Å². The molecule has 2 atom stereocenters. The van der Waals surface area contributed by atoms with Gasteiger partial charge in [-0.25, -0.2) is 0 Å². The van der Waals surface area contributed by atoms with Crippen molar-refractivity contribution in [2.75, 3.05) is 19.6 Å². The molecule has 0 spiro atoms. The monoisotopic (exact) mass is 461 g/mol. The maximum Gasteiger partial charge on any atom is 0.308 e. The number of benzene rings is 2. The number of carbonyl (C=O) groups is 1. The van der Waals surface area contributed by atoms with Crippen LogP contribution in [0.2, 0.25) is 10.0 Å². The molecule has 2 aliphatic heterocycles. The standard InChI is InChI=1S/C22H21Cl2N3O2S/c23-17-5-1-13(9-18(17)24)21(28)14-2-6-19-20(10-14)30-22(29)27(19)8-7-26-11-15-3-4-16(12-26)25-15/h1-2,5-6,9-10,15-16,25H,3-4,7-8,11-12H2. The highest BCUT2D eigenvalue weighted by Gasteiger charge is 2.31. The summed E-state index contributed by atoms with van der Waals surface area (Å²) in [5.74, 6) is -0.140. The summed E-state index contributed by atoms with van der Waals surface area (Å²) in [5, 5.41) is 4.40. The zero-order valence-electron chi connectivity index (χ0n) is 16.2. The smallest absolute Gasteiger partial charge is 0.308 e. The van der Waals surface area contributed by atoms with Crippen molar-refractivity contribution in [2.45, 2.75) is 31.5 Å². The maximum absolute atomic E-state index is 12.9. The SMILES string of the molecule is O=C(c1ccc(Cl)c(Cl)c1)c1ccc2c(c1)sc(=O)n2CCN1CC2CCC(C1)N2. The molecule has 2 fully saturated rings. The Morgan fingerprint density at radius 3 is 2.43 bits per heavy atom. The zero-order valence-corrected chi connectivity index (χ0v) is 18.6. The molecule has 30 heavy (non-hydrogen) atoms. The Hall–Kier alpha value is -1.70. The van der Waals surface area contributed by atoms with E-state index >= 15 is 0 Å². The summed E-state index contributed by atoms with van der Waals surface area (Å²) in [6, 6.07) is 11.5. The molecule has 2 unspecified atom stereocenters. The summed E-state index contributed by atoms with van der Waals surface area (Å²) in [6.07, 6.45) is 2.50. The lowest BCUT2D eigenvalue weighted by Gasteiger charge is -2.32. The van der Waals surface area contributed by atoms with Crippen molar-refractivity contribution in [3.63, 3.8) is 0 Å². The van der Waals surface area contributed by atoms with Gasteiger partial charge in [-0.3, -0.25) is 19.1 Å². The van der Waals surface area contributed by atoms with Crippen LogP contribution >= 0.6 is 34.5 Å². The Bertz CT molecular complexity index is 1180. The number of nitrogens with zero attached hydrogens (tertiary/aromatic N) is 2. The van der Waals surface area contributed by atoms with Gasteiger partial charge in [-0.2, -0.15) is 0 Å². The molecule has 3 aromatic rings. The molecule has 8 heteroatoms. The lowest BCUT2D eigenvalue weighted by atomic mass is 10.0. The molecule has 1 N–H and O–H groups in total.